The van der Waals surface area contributed by atoms with Crippen LogP contribution in [0.2, 0.25) is 0 Å². The Balaban J connectivity index is 1.42. The Morgan fingerprint density at radius 1 is 1.33 bits per heavy atom. The van der Waals surface area contributed by atoms with Crippen LogP contribution >= 0.6 is 11.3 Å². The predicted molar refractivity (Wildman–Crippen MR) is 98.1 cm³/mol. The minimum absolute atomic E-state index is 0.798. The molecule has 2 aromatic heterocycles. The van der Waals surface area contributed by atoms with Crippen molar-refractivity contribution in [3.05, 3.63) is 16.8 Å². The van der Waals surface area contributed by atoms with Gasteiger partial charge >= 0.3 is 0 Å². The largest absolute Gasteiger partial charge is 0.370 e. The van der Waals surface area contributed by atoms with Crippen LogP contribution < -0.4 is 10.2 Å². The molecule has 6 heteroatoms. The fourth-order valence-corrected chi connectivity index (χ4v) is 5.21. The molecule has 2 aromatic rings. The Bertz CT molecular complexity index is 696. The van der Waals surface area contributed by atoms with Crippen LogP contribution in [0.5, 0.6) is 0 Å². The molecule has 0 amide bonds. The van der Waals surface area contributed by atoms with Crippen LogP contribution in [0.3, 0.4) is 0 Å². The van der Waals surface area contributed by atoms with Gasteiger partial charge in [-0.15, -0.1) is 11.3 Å². The first-order valence-corrected chi connectivity index (χ1v) is 10.0. The lowest BCUT2D eigenvalue weighted by molar-refractivity contribution is -0.908. The number of anilines is 1. The van der Waals surface area contributed by atoms with Gasteiger partial charge in [0.25, 0.3) is 0 Å². The number of rotatable bonds is 5. The summed E-state index contributed by atoms with van der Waals surface area (Å²) in [5.41, 5.74) is 1.51. The van der Waals surface area contributed by atoms with E-state index in [4.69, 9.17) is 4.74 Å². The summed E-state index contributed by atoms with van der Waals surface area (Å²) in [6.07, 6.45) is 6.55. The molecule has 1 unspecified atom stereocenters. The lowest BCUT2D eigenvalue weighted by Crippen LogP contribution is -3.14. The third-order valence-corrected chi connectivity index (χ3v) is 6.45. The fraction of sp³-hybridized carbons (Fsp3) is 0.667. The maximum absolute atomic E-state index is 5.42. The molecule has 0 bridgehead atoms. The monoisotopic (exact) mass is 347 g/mol. The van der Waals surface area contributed by atoms with Crippen LogP contribution in [0.4, 0.5) is 5.82 Å². The molecule has 0 radical (unpaired) electrons. The van der Waals surface area contributed by atoms with Gasteiger partial charge in [0.2, 0.25) is 0 Å². The van der Waals surface area contributed by atoms with Crippen LogP contribution in [0, 0.1) is 5.92 Å². The minimum Gasteiger partial charge on any atom is -0.370 e. The Labute approximate surface area is 147 Å². The summed E-state index contributed by atoms with van der Waals surface area (Å²) in [4.78, 5) is 13.4. The van der Waals surface area contributed by atoms with Crippen molar-refractivity contribution in [3.63, 3.8) is 0 Å². The molecule has 1 atom stereocenters. The lowest BCUT2D eigenvalue weighted by atomic mass is 9.89. The van der Waals surface area contributed by atoms with Crippen molar-refractivity contribution in [2.75, 3.05) is 44.7 Å². The Kier molecular flexibility index (Phi) is 4.96. The second-order valence-electron chi connectivity index (χ2n) is 7.15. The molecule has 2 aliphatic rings. The highest BCUT2D eigenvalue weighted by Crippen LogP contribution is 2.39. The van der Waals surface area contributed by atoms with Crippen LogP contribution in [0.1, 0.15) is 30.2 Å². The number of morpholine rings is 1. The van der Waals surface area contributed by atoms with Gasteiger partial charge in [-0.3, -0.25) is 0 Å². The van der Waals surface area contributed by atoms with E-state index in [0.29, 0.717) is 0 Å². The fourth-order valence-electron chi connectivity index (χ4n) is 3.86. The van der Waals surface area contributed by atoms with Gasteiger partial charge in [-0.1, -0.05) is 6.92 Å². The number of aromatic nitrogens is 2. The number of quaternary nitrogens is 1. The molecule has 5 nitrogen and oxygen atoms in total. The molecule has 1 aliphatic heterocycles. The van der Waals surface area contributed by atoms with Crippen LogP contribution in [0.25, 0.3) is 10.2 Å². The molecule has 24 heavy (non-hydrogen) atoms. The zero-order chi connectivity index (χ0) is 16.4. The number of hydrogen-bond acceptors (Lipinski definition) is 5. The van der Waals surface area contributed by atoms with Gasteiger partial charge in [-0.2, -0.15) is 0 Å². The summed E-state index contributed by atoms with van der Waals surface area (Å²) in [6, 6.07) is 0. The molecule has 1 aliphatic carbocycles. The predicted octanol–water partition coefficient (Wildman–Crippen LogP) is 1.53. The highest BCUT2D eigenvalue weighted by atomic mass is 32.1. The van der Waals surface area contributed by atoms with Crippen LogP contribution in [-0.2, 0) is 17.6 Å². The van der Waals surface area contributed by atoms with Gasteiger partial charge in [0, 0.05) is 17.8 Å². The first-order chi connectivity index (χ1) is 11.8. The van der Waals surface area contributed by atoms with Crippen LogP contribution in [-0.4, -0.2) is 49.4 Å². The zero-order valence-corrected chi connectivity index (χ0v) is 15.3. The number of thiophene rings is 1. The highest BCUT2D eigenvalue weighted by Gasteiger charge is 2.23. The van der Waals surface area contributed by atoms with E-state index in [1.165, 1.54) is 48.1 Å². The van der Waals surface area contributed by atoms with E-state index in [1.54, 1.807) is 11.2 Å². The van der Waals surface area contributed by atoms with E-state index in [9.17, 15) is 0 Å². The van der Waals surface area contributed by atoms with Crippen molar-refractivity contribution >= 4 is 27.4 Å². The molecule has 1 fully saturated rings. The van der Waals surface area contributed by atoms with Gasteiger partial charge in [-0.25, -0.2) is 9.97 Å². The van der Waals surface area contributed by atoms with Crippen molar-refractivity contribution < 1.29 is 9.64 Å². The summed E-state index contributed by atoms with van der Waals surface area (Å²) in [5, 5.41) is 4.88. The number of ether oxygens (including phenoxy) is 1. The van der Waals surface area contributed by atoms with E-state index >= 15 is 0 Å². The van der Waals surface area contributed by atoms with Crippen molar-refractivity contribution in [3.8, 4) is 0 Å². The van der Waals surface area contributed by atoms with E-state index in [1.807, 2.05) is 11.3 Å². The van der Waals surface area contributed by atoms with Crippen molar-refractivity contribution in [2.24, 2.45) is 5.92 Å². The molecule has 0 spiro atoms. The second-order valence-corrected chi connectivity index (χ2v) is 8.23. The molecule has 130 valence electrons. The lowest BCUT2D eigenvalue weighted by Gasteiger charge is -2.23. The SMILES string of the molecule is CC1CCc2c(sc3ncnc(NCCC[NH+]4CCOCC4)c23)C1. The van der Waals surface area contributed by atoms with E-state index in [0.717, 1.165) is 49.4 Å². The first-order valence-electron chi connectivity index (χ1n) is 9.21. The standard InChI is InChI=1S/C18H26N4OS/c1-13-3-4-14-15(11-13)24-18-16(14)17(20-12-21-18)19-5-2-6-22-7-9-23-10-8-22/h12-13H,2-11H2,1H3,(H,19,20,21)/p+1. The molecular weight excluding hydrogens is 320 g/mol. The zero-order valence-electron chi connectivity index (χ0n) is 14.4. The average molecular weight is 348 g/mol. The van der Waals surface area contributed by atoms with Crippen molar-refractivity contribution in [2.45, 2.75) is 32.6 Å². The highest BCUT2D eigenvalue weighted by molar-refractivity contribution is 7.19. The first kappa shape index (κ1) is 16.2. The molecule has 3 heterocycles. The van der Waals surface area contributed by atoms with Crippen LogP contribution in [0.15, 0.2) is 6.33 Å². The second kappa shape index (κ2) is 7.33. The van der Waals surface area contributed by atoms with E-state index in [-0.39, 0.29) is 0 Å². The third kappa shape index (κ3) is 3.41. The summed E-state index contributed by atoms with van der Waals surface area (Å²) in [7, 11) is 0. The van der Waals surface area contributed by atoms with Crippen molar-refractivity contribution in [1.82, 2.24) is 9.97 Å². The third-order valence-electron chi connectivity index (χ3n) is 5.29. The van der Waals surface area contributed by atoms with Gasteiger partial charge < -0.3 is 15.0 Å². The molecule has 1 saturated heterocycles. The summed E-state index contributed by atoms with van der Waals surface area (Å²) in [6.45, 7) is 8.67. The number of aryl methyl sites for hydroxylation is 1. The average Bonchev–Trinajstić information content (AvgIpc) is 2.97. The summed E-state index contributed by atoms with van der Waals surface area (Å²) in [5.74, 6) is 1.84. The molecule has 0 saturated carbocycles. The van der Waals surface area contributed by atoms with Gasteiger partial charge in [0.05, 0.1) is 25.1 Å². The Morgan fingerprint density at radius 3 is 3.08 bits per heavy atom. The summed E-state index contributed by atoms with van der Waals surface area (Å²) >= 11 is 1.87. The summed E-state index contributed by atoms with van der Waals surface area (Å²) < 4.78 is 5.42. The number of nitrogens with one attached hydrogen (secondary N) is 2. The maximum atomic E-state index is 5.42. The number of nitrogens with zero attached hydrogens (tertiary/aromatic N) is 2. The molecule has 4 rings (SSSR count). The topological polar surface area (TPSA) is 51.5 Å². The van der Waals surface area contributed by atoms with Gasteiger partial charge in [-0.05, 0) is 30.7 Å². The minimum atomic E-state index is 0.798. The number of hydrogen-bond donors (Lipinski definition) is 2. The number of fused-ring (bicyclic) bond motifs is 3. The normalized spacial score (nSPS) is 21.8. The van der Waals surface area contributed by atoms with Gasteiger partial charge in [0.15, 0.2) is 0 Å². The maximum Gasteiger partial charge on any atom is 0.138 e. The van der Waals surface area contributed by atoms with Crippen molar-refractivity contribution in [1.29, 1.82) is 0 Å². The smallest absolute Gasteiger partial charge is 0.138 e. The quantitative estimate of drug-likeness (QED) is 0.806. The molecular formula is C18H27N4OS+. The van der Waals surface area contributed by atoms with E-state index < -0.39 is 0 Å². The van der Waals surface area contributed by atoms with Gasteiger partial charge in [0.1, 0.15) is 30.1 Å². The molecule has 2 N–H and O–H groups in total. The van der Waals surface area contributed by atoms with E-state index in [2.05, 4.69) is 22.2 Å². The Hall–Kier alpha value is -1.24. The molecule has 0 aromatic carbocycles. The Morgan fingerprint density at radius 2 is 2.21 bits per heavy atom.